The Morgan fingerprint density at radius 3 is 2.53 bits per heavy atom. The molecule has 0 radical (unpaired) electrons. The summed E-state index contributed by atoms with van der Waals surface area (Å²) in [6.45, 7) is 11.5. The van der Waals surface area contributed by atoms with Crippen molar-refractivity contribution in [3.05, 3.63) is 20.3 Å². The molecular weight excluding hydrogens is 320 g/mol. The Bertz CT molecular complexity index is 377. The Kier molecular flexibility index (Phi) is 5.87. The van der Waals surface area contributed by atoms with Crippen molar-refractivity contribution in [1.82, 2.24) is 10.2 Å². The predicted molar refractivity (Wildman–Crippen MR) is 88.0 cm³/mol. The van der Waals surface area contributed by atoms with Crippen LogP contribution < -0.4 is 5.32 Å². The lowest BCUT2D eigenvalue weighted by Gasteiger charge is -2.35. The van der Waals surface area contributed by atoms with Crippen molar-refractivity contribution in [3.63, 3.8) is 0 Å². The number of halogens is 1. The topological polar surface area (TPSA) is 15.3 Å². The summed E-state index contributed by atoms with van der Waals surface area (Å²) < 4.78 is 1.30. The molecular formula is C15H25BrN2S. The van der Waals surface area contributed by atoms with E-state index in [2.05, 4.69) is 53.0 Å². The van der Waals surface area contributed by atoms with Gasteiger partial charge < -0.3 is 5.32 Å². The van der Waals surface area contributed by atoms with Crippen LogP contribution in [0.3, 0.4) is 0 Å². The number of hydrogen-bond acceptors (Lipinski definition) is 3. The van der Waals surface area contributed by atoms with Gasteiger partial charge in [0.05, 0.1) is 3.79 Å². The van der Waals surface area contributed by atoms with Crippen LogP contribution >= 0.6 is 27.3 Å². The molecule has 2 nitrogen and oxygen atoms in total. The number of nitrogens with one attached hydrogen (secondary N) is 1. The molecule has 0 aromatic carbocycles. The largest absolute Gasteiger partial charge is 0.314 e. The first-order valence-corrected chi connectivity index (χ1v) is 8.89. The lowest BCUT2D eigenvalue weighted by molar-refractivity contribution is 0.162. The minimum Gasteiger partial charge on any atom is -0.314 e. The van der Waals surface area contributed by atoms with Gasteiger partial charge in [0.1, 0.15) is 0 Å². The first-order chi connectivity index (χ1) is 9.08. The average molecular weight is 345 g/mol. The van der Waals surface area contributed by atoms with Gasteiger partial charge in [0.25, 0.3) is 0 Å². The number of aryl methyl sites for hydroxylation is 1. The van der Waals surface area contributed by atoms with Crippen molar-refractivity contribution in [1.29, 1.82) is 0 Å². The van der Waals surface area contributed by atoms with E-state index in [1.165, 1.54) is 40.2 Å². The SMILES string of the molecule is Cc1cc([C@H](CCC(C)C)N2CCNCC2)sc1Br. The number of nitrogens with zero attached hydrogens (tertiary/aromatic N) is 1. The standard InChI is InChI=1S/C15H25BrN2S/c1-11(2)4-5-13(18-8-6-17-7-9-18)14-10-12(3)15(16)19-14/h10-11,13,17H,4-9H2,1-3H3/t13-/m0/s1. The lowest BCUT2D eigenvalue weighted by atomic mass is 10.0. The van der Waals surface area contributed by atoms with Crippen LogP contribution in [0.5, 0.6) is 0 Å². The molecule has 4 heteroatoms. The minimum absolute atomic E-state index is 0.611. The normalized spacial score (nSPS) is 19.0. The Balaban J connectivity index is 2.12. The predicted octanol–water partition coefficient (Wildman–Crippen LogP) is 4.20. The minimum atomic E-state index is 0.611. The molecule has 0 spiro atoms. The molecule has 1 fully saturated rings. The molecule has 1 aliphatic heterocycles. The quantitative estimate of drug-likeness (QED) is 0.860. The first kappa shape index (κ1) is 15.5. The van der Waals surface area contributed by atoms with Crippen molar-refractivity contribution < 1.29 is 0 Å². The summed E-state index contributed by atoms with van der Waals surface area (Å²) in [6.07, 6.45) is 2.59. The second-order valence-corrected chi connectivity index (χ2v) is 8.28. The van der Waals surface area contributed by atoms with Gasteiger partial charge >= 0.3 is 0 Å². The fraction of sp³-hybridized carbons (Fsp3) is 0.733. The molecule has 19 heavy (non-hydrogen) atoms. The van der Waals surface area contributed by atoms with E-state index in [1.807, 2.05) is 11.3 Å². The summed E-state index contributed by atoms with van der Waals surface area (Å²) in [5, 5.41) is 3.45. The van der Waals surface area contributed by atoms with E-state index >= 15 is 0 Å². The van der Waals surface area contributed by atoms with Gasteiger partial charge in [0.15, 0.2) is 0 Å². The van der Waals surface area contributed by atoms with Gasteiger partial charge in [0, 0.05) is 37.1 Å². The van der Waals surface area contributed by atoms with Gasteiger partial charge in [-0.05, 0) is 53.2 Å². The summed E-state index contributed by atoms with van der Waals surface area (Å²) in [4.78, 5) is 4.20. The van der Waals surface area contributed by atoms with Gasteiger partial charge in [-0.1, -0.05) is 13.8 Å². The Hall–Kier alpha value is 0.100. The molecule has 0 bridgehead atoms. The number of rotatable bonds is 5. The van der Waals surface area contributed by atoms with Crippen molar-refractivity contribution >= 4 is 27.3 Å². The molecule has 0 amide bonds. The molecule has 2 heterocycles. The third-order valence-electron chi connectivity index (χ3n) is 3.81. The van der Waals surface area contributed by atoms with Gasteiger partial charge in [-0.2, -0.15) is 0 Å². The number of hydrogen-bond donors (Lipinski definition) is 1. The van der Waals surface area contributed by atoms with E-state index in [0.717, 1.165) is 19.0 Å². The second-order valence-electron chi connectivity index (χ2n) is 5.88. The van der Waals surface area contributed by atoms with E-state index in [-0.39, 0.29) is 0 Å². The zero-order valence-electron chi connectivity index (χ0n) is 12.2. The van der Waals surface area contributed by atoms with Crippen LogP contribution in [0.25, 0.3) is 0 Å². The van der Waals surface area contributed by atoms with Crippen molar-refractivity contribution in [3.8, 4) is 0 Å². The maximum Gasteiger partial charge on any atom is 0.0731 e. The molecule has 108 valence electrons. The van der Waals surface area contributed by atoms with Gasteiger partial charge in [-0.25, -0.2) is 0 Å². The summed E-state index contributed by atoms with van der Waals surface area (Å²) in [6, 6.07) is 2.99. The molecule has 1 N–H and O–H groups in total. The maximum atomic E-state index is 3.68. The summed E-state index contributed by atoms with van der Waals surface area (Å²) in [5.74, 6) is 0.787. The van der Waals surface area contributed by atoms with Crippen molar-refractivity contribution in [2.45, 2.75) is 39.7 Å². The summed E-state index contributed by atoms with van der Waals surface area (Å²) >= 11 is 5.60. The average Bonchev–Trinajstić information content (AvgIpc) is 2.70. The van der Waals surface area contributed by atoms with Gasteiger partial charge in [-0.15, -0.1) is 11.3 Å². The molecule has 0 aliphatic carbocycles. The van der Waals surface area contributed by atoms with Crippen LogP contribution in [0.2, 0.25) is 0 Å². The Labute approximate surface area is 129 Å². The molecule has 1 atom stereocenters. The van der Waals surface area contributed by atoms with Crippen LogP contribution in [-0.4, -0.2) is 31.1 Å². The van der Waals surface area contributed by atoms with Gasteiger partial charge in [-0.3, -0.25) is 4.90 Å². The van der Waals surface area contributed by atoms with Crippen LogP contribution in [0.1, 0.15) is 43.2 Å². The highest BCUT2D eigenvalue weighted by atomic mass is 79.9. The molecule has 1 aromatic rings. The molecule has 0 unspecified atom stereocenters. The molecule has 1 aliphatic rings. The monoisotopic (exact) mass is 344 g/mol. The number of piperazine rings is 1. The lowest BCUT2D eigenvalue weighted by Crippen LogP contribution is -2.45. The third-order valence-corrected chi connectivity index (χ3v) is 6.05. The zero-order valence-corrected chi connectivity index (χ0v) is 14.6. The molecule has 0 saturated carbocycles. The maximum absolute atomic E-state index is 3.68. The summed E-state index contributed by atoms with van der Waals surface area (Å²) in [7, 11) is 0. The van der Waals surface area contributed by atoms with Gasteiger partial charge in [0.2, 0.25) is 0 Å². The van der Waals surface area contributed by atoms with Crippen LogP contribution in [0, 0.1) is 12.8 Å². The van der Waals surface area contributed by atoms with Crippen LogP contribution in [-0.2, 0) is 0 Å². The molecule has 1 aromatic heterocycles. The smallest absolute Gasteiger partial charge is 0.0731 e. The third kappa shape index (κ3) is 4.28. The summed E-state index contributed by atoms with van der Waals surface area (Å²) in [5.41, 5.74) is 1.38. The Morgan fingerprint density at radius 1 is 1.32 bits per heavy atom. The van der Waals surface area contributed by atoms with Crippen LogP contribution in [0.15, 0.2) is 9.85 Å². The van der Waals surface area contributed by atoms with E-state index in [0.29, 0.717) is 6.04 Å². The zero-order chi connectivity index (χ0) is 13.8. The first-order valence-electron chi connectivity index (χ1n) is 7.28. The highest BCUT2D eigenvalue weighted by Gasteiger charge is 2.24. The van der Waals surface area contributed by atoms with E-state index in [4.69, 9.17) is 0 Å². The fourth-order valence-electron chi connectivity index (χ4n) is 2.64. The van der Waals surface area contributed by atoms with E-state index in [9.17, 15) is 0 Å². The van der Waals surface area contributed by atoms with E-state index < -0.39 is 0 Å². The van der Waals surface area contributed by atoms with Crippen molar-refractivity contribution in [2.24, 2.45) is 5.92 Å². The fourth-order valence-corrected chi connectivity index (χ4v) is 4.38. The number of thiophene rings is 1. The molecule has 1 saturated heterocycles. The van der Waals surface area contributed by atoms with Crippen LogP contribution in [0.4, 0.5) is 0 Å². The van der Waals surface area contributed by atoms with Crippen molar-refractivity contribution in [2.75, 3.05) is 26.2 Å². The molecule has 2 rings (SSSR count). The highest BCUT2D eigenvalue weighted by molar-refractivity contribution is 9.11. The van der Waals surface area contributed by atoms with E-state index in [1.54, 1.807) is 0 Å². The highest BCUT2D eigenvalue weighted by Crippen LogP contribution is 2.36. The Morgan fingerprint density at radius 2 is 2.00 bits per heavy atom. The second kappa shape index (κ2) is 7.21.